The van der Waals surface area contributed by atoms with Crippen molar-refractivity contribution in [3.63, 3.8) is 0 Å². The fourth-order valence-electron chi connectivity index (χ4n) is 2.47. The lowest BCUT2D eigenvalue weighted by atomic mass is 10.1. The topological polar surface area (TPSA) is 49.0 Å². The van der Waals surface area contributed by atoms with E-state index in [1.54, 1.807) is 0 Å². The number of nitrogens with zero attached hydrogens (tertiary/aromatic N) is 2. The monoisotopic (exact) mass is 329 g/mol. The Hall–Kier alpha value is -2.02. The van der Waals surface area contributed by atoms with Crippen LogP contribution in [0.1, 0.15) is 27.3 Å². The van der Waals surface area contributed by atoms with Gasteiger partial charge in [-0.25, -0.2) is 4.98 Å². The van der Waals surface area contributed by atoms with E-state index in [9.17, 15) is 18.0 Å². The summed E-state index contributed by atoms with van der Waals surface area (Å²) in [5, 5.41) is -0.560. The number of aromatic amines is 1. The average Bonchev–Trinajstić information content (AvgIpc) is 2.93. The number of rotatable bonds is 1. The van der Waals surface area contributed by atoms with Crippen molar-refractivity contribution in [2.24, 2.45) is 0 Å². The van der Waals surface area contributed by atoms with Crippen LogP contribution in [0, 0.1) is 0 Å². The van der Waals surface area contributed by atoms with Crippen molar-refractivity contribution in [3.8, 4) is 0 Å². The number of nitrogens with one attached hydrogen (secondary N) is 1. The van der Waals surface area contributed by atoms with Gasteiger partial charge in [0.1, 0.15) is 0 Å². The first-order chi connectivity index (χ1) is 10.4. The molecule has 1 aliphatic heterocycles. The molecule has 1 N–H and O–H groups in total. The summed E-state index contributed by atoms with van der Waals surface area (Å²) in [4.78, 5) is 21.0. The van der Waals surface area contributed by atoms with Gasteiger partial charge in [-0.2, -0.15) is 13.2 Å². The number of aromatic nitrogens is 2. The van der Waals surface area contributed by atoms with E-state index in [1.165, 1.54) is 23.4 Å². The SMILES string of the molecule is O=C(c1cccc(C(F)(F)F)c1Cl)N1CCc2nc[nH]c2C1. The van der Waals surface area contributed by atoms with Crippen LogP contribution in [0.3, 0.4) is 0 Å². The van der Waals surface area contributed by atoms with Crippen LogP contribution in [-0.4, -0.2) is 27.3 Å². The summed E-state index contributed by atoms with van der Waals surface area (Å²) in [6.07, 6.45) is -2.50. The Bertz CT molecular complexity index is 726. The molecule has 2 aromatic rings. The van der Waals surface area contributed by atoms with Gasteiger partial charge in [-0.05, 0) is 12.1 Å². The molecule has 8 heteroatoms. The summed E-state index contributed by atoms with van der Waals surface area (Å²) in [7, 11) is 0. The number of fused-ring (bicyclic) bond motifs is 1. The number of carbonyl (C=O) groups is 1. The van der Waals surface area contributed by atoms with Crippen LogP contribution >= 0.6 is 11.6 Å². The molecule has 1 amide bonds. The average molecular weight is 330 g/mol. The number of hydrogen-bond acceptors (Lipinski definition) is 2. The maximum atomic E-state index is 12.9. The second-order valence-electron chi connectivity index (χ2n) is 4.97. The molecular formula is C14H11ClF3N3O. The van der Waals surface area contributed by atoms with Crippen LogP contribution in [0.5, 0.6) is 0 Å². The zero-order valence-corrected chi connectivity index (χ0v) is 12.0. The Balaban J connectivity index is 1.91. The molecule has 0 aliphatic carbocycles. The molecule has 22 heavy (non-hydrogen) atoms. The maximum Gasteiger partial charge on any atom is 0.417 e. The van der Waals surface area contributed by atoms with Gasteiger partial charge in [-0.15, -0.1) is 0 Å². The summed E-state index contributed by atoms with van der Waals surface area (Å²) in [5.41, 5.74) is 0.528. The Labute approximate surface area is 128 Å². The molecular weight excluding hydrogens is 319 g/mol. The lowest BCUT2D eigenvalue weighted by molar-refractivity contribution is -0.137. The van der Waals surface area contributed by atoms with E-state index < -0.39 is 22.7 Å². The van der Waals surface area contributed by atoms with Crippen LogP contribution in [0.25, 0.3) is 0 Å². The third-order valence-corrected chi connectivity index (χ3v) is 4.00. The molecule has 0 unspecified atom stereocenters. The predicted octanol–water partition coefficient (Wildman–Crippen LogP) is 3.28. The lowest BCUT2D eigenvalue weighted by Gasteiger charge is -2.27. The van der Waals surface area contributed by atoms with E-state index >= 15 is 0 Å². The fourth-order valence-corrected chi connectivity index (χ4v) is 2.79. The van der Waals surface area contributed by atoms with Gasteiger partial charge in [0.15, 0.2) is 0 Å². The van der Waals surface area contributed by atoms with Crippen LogP contribution in [-0.2, 0) is 19.1 Å². The zero-order chi connectivity index (χ0) is 15.9. The van der Waals surface area contributed by atoms with Gasteiger partial charge >= 0.3 is 6.18 Å². The van der Waals surface area contributed by atoms with Gasteiger partial charge in [0.05, 0.1) is 40.4 Å². The molecule has 1 aliphatic rings. The first-order valence-electron chi connectivity index (χ1n) is 6.54. The highest BCUT2D eigenvalue weighted by molar-refractivity contribution is 6.34. The number of benzene rings is 1. The molecule has 4 nitrogen and oxygen atoms in total. The molecule has 0 saturated heterocycles. The molecule has 1 aromatic carbocycles. The highest BCUT2D eigenvalue weighted by Crippen LogP contribution is 2.36. The molecule has 0 bridgehead atoms. The van der Waals surface area contributed by atoms with E-state index in [4.69, 9.17) is 11.6 Å². The van der Waals surface area contributed by atoms with Crippen LogP contribution < -0.4 is 0 Å². The van der Waals surface area contributed by atoms with Crippen LogP contribution in [0.4, 0.5) is 13.2 Å². The first kappa shape index (κ1) is 14.9. The van der Waals surface area contributed by atoms with Crippen molar-refractivity contribution in [2.45, 2.75) is 19.1 Å². The lowest BCUT2D eigenvalue weighted by Crippen LogP contribution is -2.36. The summed E-state index contributed by atoms with van der Waals surface area (Å²) >= 11 is 5.80. The number of amides is 1. The van der Waals surface area contributed by atoms with E-state index in [0.717, 1.165) is 17.5 Å². The standard InChI is InChI=1S/C14H11ClF3N3O/c15-12-8(2-1-3-9(12)14(16,17)18)13(22)21-5-4-10-11(6-21)20-7-19-10/h1-3,7H,4-6H2,(H,19,20). The van der Waals surface area contributed by atoms with Crippen molar-refractivity contribution in [2.75, 3.05) is 6.54 Å². The molecule has 0 fully saturated rings. The Morgan fingerprint density at radius 2 is 2.14 bits per heavy atom. The third-order valence-electron chi connectivity index (χ3n) is 3.60. The number of alkyl halides is 3. The Morgan fingerprint density at radius 3 is 2.86 bits per heavy atom. The van der Waals surface area contributed by atoms with Crippen molar-refractivity contribution in [1.29, 1.82) is 0 Å². The van der Waals surface area contributed by atoms with Crippen molar-refractivity contribution < 1.29 is 18.0 Å². The van der Waals surface area contributed by atoms with Gasteiger partial charge in [0.25, 0.3) is 5.91 Å². The largest absolute Gasteiger partial charge is 0.417 e. The van der Waals surface area contributed by atoms with Crippen LogP contribution in [0.15, 0.2) is 24.5 Å². The number of carbonyl (C=O) groups excluding carboxylic acids is 1. The molecule has 0 saturated carbocycles. The van der Waals surface area contributed by atoms with Gasteiger partial charge in [0, 0.05) is 13.0 Å². The zero-order valence-electron chi connectivity index (χ0n) is 11.2. The molecule has 1 aromatic heterocycles. The molecule has 116 valence electrons. The van der Waals surface area contributed by atoms with Crippen molar-refractivity contribution >= 4 is 17.5 Å². The molecule has 2 heterocycles. The summed E-state index contributed by atoms with van der Waals surface area (Å²) in [5.74, 6) is -0.517. The summed E-state index contributed by atoms with van der Waals surface area (Å²) in [6, 6.07) is 3.36. The number of imidazole rings is 1. The maximum absolute atomic E-state index is 12.9. The quantitative estimate of drug-likeness (QED) is 0.873. The minimum absolute atomic E-state index is 0.139. The number of H-pyrrole nitrogens is 1. The third kappa shape index (κ3) is 2.56. The minimum atomic E-state index is -4.59. The molecule has 0 radical (unpaired) electrons. The minimum Gasteiger partial charge on any atom is -0.347 e. The molecule has 0 atom stereocenters. The fraction of sp³-hybridized carbons (Fsp3) is 0.286. The van der Waals surface area contributed by atoms with E-state index in [2.05, 4.69) is 9.97 Å². The second-order valence-corrected chi connectivity index (χ2v) is 5.35. The van der Waals surface area contributed by atoms with Crippen molar-refractivity contribution in [3.05, 3.63) is 52.1 Å². The first-order valence-corrected chi connectivity index (χ1v) is 6.92. The second kappa shape index (κ2) is 5.31. The van der Waals surface area contributed by atoms with Gasteiger partial charge in [-0.1, -0.05) is 17.7 Å². The molecule has 0 spiro atoms. The van der Waals surface area contributed by atoms with Crippen LogP contribution in [0.2, 0.25) is 5.02 Å². The number of hydrogen-bond donors (Lipinski definition) is 1. The van der Waals surface area contributed by atoms with E-state index in [-0.39, 0.29) is 12.1 Å². The molecule has 3 rings (SSSR count). The van der Waals surface area contributed by atoms with E-state index in [1.807, 2.05) is 0 Å². The highest BCUT2D eigenvalue weighted by atomic mass is 35.5. The normalized spacial score (nSPS) is 14.8. The van der Waals surface area contributed by atoms with E-state index in [0.29, 0.717) is 13.0 Å². The Kier molecular flexibility index (Phi) is 3.60. The van der Waals surface area contributed by atoms with Crippen molar-refractivity contribution in [1.82, 2.24) is 14.9 Å². The highest BCUT2D eigenvalue weighted by Gasteiger charge is 2.35. The van der Waals surface area contributed by atoms with Gasteiger partial charge < -0.3 is 9.88 Å². The smallest absolute Gasteiger partial charge is 0.347 e. The van der Waals surface area contributed by atoms with Gasteiger partial charge in [-0.3, -0.25) is 4.79 Å². The number of halogens is 4. The predicted molar refractivity (Wildman–Crippen MR) is 73.5 cm³/mol. The summed E-state index contributed by atoms with van der Waals surface area (Å²) in [6.45, 7) is 0.671. The Morgan fingerprint density at radius 1 is 1.36 bits per heavy atom. The summed E-state index contributed by atoms with van der Waals surface area (Å²) < 4.78 is 38.6. The van der Waals surface area contributed by atoms with Gasteiger partial charge in [0.2, 0.25) is 0 Å².